The second-order valence-corrected chi connectivity index (χ2v) is 9.44. The minimum Gasteiger partial charge on any atom is -0.382 e. The molecule has 0 saturated carbocycles. The molecule has 0 spiro atoms. The van der Waals surface area contributed by atoms with Gasteiger partial charge in [0, 0.05) is 53.2 Å². The number of aryl methyl sites for hydroxylation is 2. The van der Waals surface area contributed by atoms with Gasteiger partial charge >= 0.3 is 0 Å². The smallest absolute Gasteiger partial charge is 0.271 e. The van der Waals surface area contributed by atoms with Gasteiger partial charge in [0.1, 0.15) is 12.8 Å². The fourth-order valence-electron chi connectivity index (χ4n) is 3.39. The van der Waals surface area contributed by atoms with Gasteiger partial charge in [0.2, 0.25) is 0 Å². The topological polar surface area (TPSA) is 58.5 Å². The van der Waals surface area contributed by atoms with Crippen molar-refractivity contribution < 1.29 is 18.6 Å². The predicted octanol–water partition coefficient (Wildman–Crippen LogP) is 6.71. The molecule has 0 fully saturated rings. The fraction of sp³-hybridized carbons (Fsp3) is 0.304. The maximum absolute atomic E-state index is 14.0. The Kier molecular flexibility index (Phi) is 8.18. The zero-order valence-electron chi connectivity index (χ0n) is 18.4. The van der Waals surface area contributed by atoms with Crippen LogP contribution in [0.4, 0.5) is 14.5 Å². The normalized spacial score (nSPS) is 12.6. The molecule has 3 rings (SSSR count). The monoisotopic (exact) mass is 513 g/mol. The molecule has 0 radical (unpaired) electrons. The van der Waals surface area contributed by atoms with E-state index in [0.29, 0.717) is 32.6 Å². The van der Waals surface area contributed by atoms with Crippen LogP contribution in [0.5, 0.6) is 0 Å². The number of anilines is 1. The van der Waals surface area contributed by atoms with E-state index in [9.17, 15) is 13.9 Å². The summed E-state index contributed by atoms with van der Waals surface area (Å²) in [6.07, 6.45) is 2.02. The number of pyridine rings is 2. The number of hydrogen-bond donors (Lipinski definition) is 1. The number of nitrogens with zero attached hydrogens (tertiary/aromatic N) is 3. The Morgan fingerprint density at radius 1 is 1.18 bits per heavy atom. The number of rotatable bonds is 8. The van der Waals surface area contributed by atoms with Crippen LogP contribution < -0.4 is 4.31 Å². The molecule has 3 aromatic rings. The lowest BCUT2D eigenvalue weighted by atomic mass is 9.99. The van der Waals surface area contributed by atoms with E-state index in [-0.39, 0.29) is 17.3 Å². The maximum Gasteiger partial charge on any atom is 0.271 e. The third-order valence-corrected chi connectivity index (χ3v) is 6.47. The van der Waals surface area contributed by atoms with Gasteiger partial charge in [-0.2, -0.15) is 0 Å². The van der Waals surface area contributed by atoms with Crippen molar-refractivity contribution in [1.29, 1.82) is 0 Å². The second-order valence-electron chi connectivity index (χ2n) is 7.50. The maximum atomic E-state index is 14.0. The van der Waals surface area contributed by atoms with Gasteiger partial charge in [-0.05, 0) is 61.7 Å². The zero-order valence-corrected chi connectivity index (χ0v) is 20.8. The molecule has 0 aliphatic heterocycles. The highest BCUT2D eigenvalue weighted by atomic mass is 35.5. The molecule has 1 atom stereocenters. The van der Waals surface area contributed by atoms with E-state index in [4.69, 9.17) is 27.9 Å². The third kappa shape index (κ3) is 5.94. The summed E-state index contributed by atoms with van der Waals surface area (Å²) < 4.78 is 35.0. The summed E-state index contributed by atoms with van der Waals surface area (Å²) in [7, 11) is 1.50. The Labute approximate surface area is 205 Å². The van der Waals surface area contributed by atoms with Crippen molar-refractivity contribution in [2.75, 3.05) is 18.1 Å². The standard InChI is InChI=1S/C23H23Cl2F2N3O2S/c1-13-7-8-28-14(2)20(13)22(31)21-19(9-15(24)11-29-21)30(12-32-4)33-16-5-6-18(25)17(10-16)23(3,26)27/h5-11,22,31H,12H2,1-4H3. The summed E-state index contributed by atoms with van der Waals surface area (Å²) in [4.78, 5) is 9.18. The highest BCUT2D eigenvalue weighted by Crippen LogP contribution is 2.40. The number of alkyl halides is 2. The molecule has 0 amide bonds. The lowest BCUT2D eigenvalue weighted by molar-refractivity contribution is 0.0174. The van der Waals surface area contributed by atoms with Crippen LogP contribution in [-0.4, -0.2) is 28.9 Å². The zero-order chi connectivity index (χ0) is 24.3. The second kappa shape index (κ2) is 10.5. The van der Waals surface area contributed by atoms with Crippen LogP contribution in [0.2, 0.25) is 10.0 Å². The molecular weight excluding hydrogens is 491 g/mol. The van der Waals surface area contributed by atoms with Crippen LogP contribution in [0.25, 0.3) is 0 Å². The average Bonchev–Trinajstić information content (AvgIpc) is 2.73. The quantitative estimate of drug-likeness (QED) is 0.266. The molecule has 5 nitrogen and oxygen atoms in total. The molecule has 1 N–H and O–H groups in total. The van der Waals surface area contributed by atoms with E-state index in [0.717, 1.165) is 24.4 Å². The van der Waals surface area contributed by atoms with Crippen molar-refractivity contribution in [3.63, 3.8) is 0 Å². The summed E-state index contributed by atoms with van der Waals surface area (Å²) in [6, 6.07) is 7.85. The molecule has 176 valence electrons. The van der Waals surface area contributed by atoms with Crippen LogP contribution in [-0.2, 0) is 10.7 Å². The van der Waals surface area contributed by atoms with Gasteiger partial charge < -0.3 is 9.84 Å². The first kappa shape index (κ1) is 25.6. The number of hydrogen-bond acceptors (Lipinski definition) is 6. The summed E-state index contributed by atoms with van der Waals surface area (Å²) in [5.41, 5.74) is 2.69. The van der Waals surface area contributed by atoms with Crippen molar-refractivity contribution >= 4 is 40.8 Å². The molecule has 2 aromatic heterocycles. The van der Waals surface area contributed by atoms with Gasteiger partial charge in [0.25, 0.3) is 5.92 Å². The van der Waals surface area contributed by atoms with Crippen LogP contribution >= 0.6 is 35.1 Å². The Morgan fingerprint density at radius 2 is 1.91 bits per heavy atom. The van der Waals surface area contributed by atoms with Crippen LogP contribution in [0.3, 0.4) is 0 Å². The molecule has 1 unspecified atom stereocenters. The highest BCUT2D eigenvalue weighted by molar-refractivity contribution is 8.00. The Hall–Kier alpha value is -1.97. The number of benzene rings is 1. The molecule has 2 heterocycles. The lowest BCUT2D eigenvalue weighted by Gasteiger charge is -2.27. The fourth-order valence-corrected chi connectivity index (χ4v) is 4.78. The molecule has 0 aliphatic carbocycles. The number of aliphatic hydroxyl groups is 1. The number of aromatic nitrogens is 2. The SMILES string of the molecule is COCN(Sc1ccc(Cl)c(C(C)(F)F)c1)c1cc(Cl)cnc1C(O)c1c(C)ccnc1C. The van der Waals surface area contributed by atoms with Crippen molar-refractivity contribution in [2.45, 2.75) is 37.7 Å². The molecule has 0 aliphatic rings. The highest BCUT2D eigenvalue weighted by Gasteiger charge is 2.29. The number of aliphatic hydroxyl groups excluding tert-OH is 1. The summed E-state index contributed by atoms with van der Waals surface area (Å²) in [5.74, 6) is -3.10. The van der Waals surface area contributed by atoms with Crippen molar-refractivity contribution in [3.8, 4) is 0 Å². The van der Waals surface area contributed by atoms with E-state index in [2.05, 4.69) is 9.97 Å². The van der Waals surface area contributed by atoms with Crippen molar-refractivity contribution in [2.24, 2.45) is 0 Å². The van der Waals surface area contributed by atoms with Crippen LogP contribution in [0.1, 0.15) is 41.1 Å². The van der Waals surface area contributed by atoms with Gasteiger partial charge in [-0.25, -0.2) is 8.78 Å². The first-order valence-corrected chi connectivity index (χ1v) is 11.4. The largest absolute Gasteiger partial charge is 0.382 e. The number of methoxy groups -OCH3 is 1. The third-order valence-electron chi connectivity index (χ3n) is 4.95. The van der Waals surface area contributed by atoms with Gasteiger partial charge in [0.15, 0.2) is 0 Å². The molecule has 0 saturated heterocycles. The number of halogens is 4. The first-order valence-electron chi connectivity index (χ1n) is 9.90. The van der Waals surface area contributed by atoms with Gasteiger partial charge in [-0.15, -0.1) is 0 Å². The Balaban J connectivity index is 2.07. The van der Waals surface area contributed by atoms with Crippen LogP contribution in [0, 0.1) is 13.8 Å². The van der Waals surface area contributed by atoms with Gasteiger partial charge in [-0.3, -0.25) is 14.3 Å². The molecule has 10 heteroatoms. The molecule has 33 heavy (non-hydrogen) atoms. The van der Waals surface area contributed by atoms with Gasteiger partial charge in [0.05, 0.1) is 16.4 Å². The minimum absolute atomic E-state index is 0.0202. The molecule has 0 bridgehead atoms. The van der Waals surface area contributed by atoms with E-state index in [1.165, 1.54) is 25.4 Å². The summed E-state index contributed by atoms with van der Waals surface area (Å²) >= 11 is 13.4. The molecular formula is C23H23Cl2F2N3O2S. The van der Waals surface area contributed by atoms with Gasteiger partial charge in [-0.1, -0.05) is 23.2 Å². The van der Waals surface area contributed by atoms with E-state index < -0.39 is 12.0 Å². The predicted molar refractivity (Wildman–Crippen MR) is 128 cm³/mol. The summed E-state index contributed by atoms with van der Waals surface area (Å²) in [6.45, 7) is 4.55. The van der Waals surface area contributed by atoms with Crippen LogP contribution in [0.15, 0.2) is 47.6 Å². The van der Waals surface area contributed by atoms with E-state index in [1.807, 2.05) is 19.9 Å². The van der Waals surface area contributed by atoms with E-state index >= 15 is 0 Å². The van der Waals surface area contributed by atoms with E-state index in [1.54, 1.807) is 22.6 Å². The Bertz CT molecular complexity index is 1120. The minimum atomic E-state index is -3.10. The molecule has 1 aromatic carbocycles. The lowest BCUT2D eigenvalue weighted by Crippen LogP contribution is -2.21. The first-order chi connectivity index (χ1) is 15.5. The Morgan fingerprint density at radius 3 is 2.55 bits per heavy atom. The number of ether oxygens (including phenoxy) is 1. The van der Waals surface area contributed by atoms with Crippen molar-refractivity contribution in [1.82, 2.24) is 9.97 Å². The van der Waals surface area contributed by atoms with Crippen molar-refractivity contribution in [3.05, 3.63) is 80.8 Å². The average molecular weight is 514 g/mol. The summed E-state index contributed by atoms with van der Waals surface area (Å²) in [5, 5.41) is 11.6.